The summed E-state index contributed by atoms with van der Waals surface area (Å²) >= 11 is 0. The summed E-state index contributed by atoms with van der Waals surface area (Å²) in [7, 11) is 1.57. The van der Waals surface area contributed by atoms with Crippen LogP contribution in [0.2, 0.25) is 0 Å². The number of carboxylic acid groups (broad SMARTS) is 1. The molecule has 2 N–H and O–H groups in total. The van der Waals surface area contributed by atoms with E-state index in [1.165, 1.54) is 5.56 Å². The molecule has 0 aliphatic heterocycles. The summed E-state index contributed by atoms with van der Waals surface area (Å²) in [5.74, 6) is -0.273. The van der Waals surface area contributed by atoms with Crippen molar-refractivity contribution < 1.29 is 14.6 Å². The van der Waals surface area contributed by atoms with Crippen LogP contribution in [0.1, 0.15) is 35.0 Å². The van der Waals surface area contributed by atoms with Crippen LogP contribution in [0.5, 0.6) is 5.75 Å². The van der Waals surface area contributed by atoms with Gasteiger partial charge in [-0.3, -0.25) is 15.1 Å². The van der Waals surface area contributed by atoms with Gasteiger partial charge in [-0.15, -0.1) is 0 Å². The molecule has 1 aliphatic carbocycles. The predicted molar refractivity (Wildman–Crippen MR) is 86.5 cm³/mol. The smallest absolute Gasteiger partial charge is 0.325 e. The van der Waals surface area contributed by atoms with Crippen molar-refractivity contribution in [1.82, 2.24) is 10.3 Å². The molecule has 5 heteroatoms. The minimum atomic E-state index is -0.917. The molecule has 0 fully saturated rings. The third-order valence-corrected chi connectivity index (χ3v) is 4.15. The Labute approximate surface area is 135 Å². The van der Waals surface area contributed by atoms with Gasteiger partial charge in [0.25, 0.3) is 0 Å². The number of rotatable bonds is 6. The molecule has 23 heavy (non-hydrogen) atoms. The van der Waals surface area contributed by atoms with E-state index in [0.717, 1.165) is 30.7 Å². The number of pyridine rings is 1. The molecule has 1 unspecified atom stereocenters. The number of carbonyl (C=O) groups is 1. The number of aryl methyl sites for hydroxylation is 2. The second-order valence-corrected chi connectivity index (χ2v) is 5.69. The van der Waals surface area contributed by atoms with Crippen LogP contribution in [-0.2, 0) is 24.2 Å². The lowest BCUT2D eigenvalue weighted by atomic mass is 10.1. The molecule has 3 rings (SSSR count). The molecule has 0 bridgehead atoms. The maximum atomic E-state index is 11.6. The zero-order chi connectivity index (χ0) is 16.2. The summed E-state index contributed by atoms with van der Waals surface area (Å²) in [6.45, 7) is 0.418. The Kier molecular flexibility index (Phi) is 4.57. The number of aromatic nitrogens is 1. The van der Waals surface area contributed by atoms with Crippen molar-refractivity contribution in [3.8, 4) is 5.75 Å². The quantitative estimate of drug-likeness (QED) is 0.857. The van der Waals surface area contributed by atoms with E-state index in [0.29, 0.717) is 17.9 Å². The molecule has 1 aliphatic rings. The average molecular weight is 312 g/mol. The first-order valence-corrected chi connectivity index (χ1v) is 7.75. The van der Waals surface area contributed by atoms with Crippen LogP contribution in [0.3, 0.4) is 0 Å². The molecule has 2 aromatic rings. The molecule has 1 aromatic carbocycles. The third kappa shape index (κ3) is 3.51. The van der Waals surface area contributed by atoms with E-state index in [-0.39, 0.29) is 0 Å². The number of nitrogens with zero attached hydrogens (tertiary/aromatic N) is 1. The molecule has 0 spiro atoms. The van der Waals surface area contributed by atoms with Gasteiger partial charge in [-0.1, -0.05) is 18.2 Å². The zero-order valence-corrected chi connectivity index (χ0v) is 13.1. The van der Waals surface area contributed by atoms with Crippen molar-refractivity contribution in [3.05, 3.63) is 58.9 Å². The fourth-order valence-corrected chi connectivity index (χ4v) is 2.94. The third-order valence-electron chi connectivity index (χ3n) is 4.15. The van der Waals surface area contributed by atoms with Gasteiger partial charge < -0.3 is 9.84 Å². The highest BCUT2D eigenvalue weighted by atomic mass is 16.5. The molecule has 5 nitrogen and oxygen atoms in total. The number of hydrogen-bond acceptors (Lipinski definition) is 4. The highest BCUT2D eigenvalue weighted by molar-refractivity contribution is 5.75. The number of methoxy groups -OCH3 is 1. The van der Waals surface area contributed by atoms with Crippen LogP contribution < -0.4 is 10.1 Å². The Hall–Kier alpha value is -2.40. The monoisotopic (exact) mass is 312 g/mol. The topological polar surface area (TPSA) is 71.5 Å². The zero-order valence-electron chi connectivity index (χ0n) is 13.1. The van der Waals surface area contributed by atoms with Crippen LogP contribution >= 0.6 is 0 Å². The standard InChI is InChI=1S/C18H20N2O3/c1-23-15-6-2-5-13(10-15)17(18(21)22)19-11-14-9-8-12-4-3-7-16(12)20-14/h2,5-6,8-10,17,19H,3-4,7,11H2,1H3,(H,21,22). The van der Waals surface area contributed by atoms with E-state index < -0.39 is 12.0 Å². The van der Waals surface area contributed by atoms with Crippen LogP contribution in [0.25, 0.3) is 0 Å². The summed E-state index contributed by atoms with van der Waals surface area (Å²) in [5, 5.41) is 12.6. The molecule has 0 amide bonds. The van der Waals surface area contributed by atoms with Crippen molar-refractivity contribution in [1.29, 1.82) is 0 Å². The number of benzene rings is 1. The van der Waals surface area contributed by atoms with E-state index in [4.69, 9.17) is 4.74 Å². The lowest BCUT2D eigenvalue weighted by Crippen LogP contribution is -2.28. The molecule has 1 atom stereocenters. The Bertz CT molecular complexity index is 715. The Balaban J connectivity index is 1.74. The first-order chi connectivity index (χ1) is 11.2. The van der Waals surface area contributed by atoms with Crippen molar-refractivity contribution in [2.45, 2.75) is 31.8 Å². The van der Waals surface area contributed by atoms with Crippen molar-refractivity contribution >= 4 is 5.97 Å². The number of aliphatic carboxylic acids is 1. The second kappa shape index (κ2) is 6.79. The van der Waals surface area contributed by atoms with E-state index >= 15 is 0 Å². The molecule has 0 saturated carbocycles. The van der Waals surface area contributed by atoms with Crippen molar-refractivity contribution in [2.24, 2.45) is 0 Å². The van der Waals surface area contributed by atoms with Gasteiger partial charge in [-0.05, 0) is 48.6 Å². The number of ether oxygens (including phenoxy) is 1. The lowest BCUT2D eigenvalue weighted by Gasteiger charge is -2.16. The van der Waals surface area contributed by atoms with Crippen molar-refractivity contribution in [2.75, 3.05) is 7.11 Å². The maximum absolute atomic E-state index is 11.6. The van der Waals surface area contributed by atoms with Crippen LogP contribution in [0, 0.1) is 0 Å². The molecule has 0 radical (unpaired) electrons. The fourth-order valence-electron chi connectivity index (χ4n) is 2.94. The number of hydrogen-bond donors (Lipinski definition) is 2. The van der Waals surface area contributed by atoms with Crippen LogP contribution in [0.15, 0.2) is 36.4 Å². The van der Waals surface area contributed by atoms with Crippen LogP contribution in [-0.4, -0.2) is 23.2 Å². The van der Waals surface area contributed by atoms with Gasteiger partial charge in [0.15, 0.2) is 0 Å². The summed E-state index contributed by atoms with van der Waals surface area (Å²) < 4.78 is 5.16. The van der Waals surface area contributed by atoms with Gasteiger partial charge in [-0.2, -0.15) is 0 Å². The molecule has 120 valence electrons. The Morgan fingerprint density at radius 2 is 2.22 bits per heavy atom. The molecule has 1 heterocycles. The number of fused-ring (bicyclic) bond motifs is 1. The SMILES string of the molecule is COc1cccc(C(NCc2ccc3c(n2)CCC3)C(=O)O)c1. The Morgan fingerprint density at radius 3 is 3.00 bits per heavy atom. The fraction of sp³-hybridized carbons (Fsp3) is 0.333. The van der Waals surface area contributed by atoms with Crippen LogP contribution in [0.4, 0.5) is 0 Å². The first-order valence-electron chi connectivity index (χ1n) is 7.75. The lowest BCUT2D eigenvalue weighted by molar-refractivity contribution is -0.139. The molecule has 0 saturated heterocycles. The number of carboxylic acids is 1. The van der Waals surface area contributed by atoms with E-state index in [1.807, 2.05) is 6.07 Å². The summed E-state index contributed by atoms with van der Waals surface area (Å²) in [4.78, 5) is 16.2. The summed E-state index contributed by atoms with van der Waals surface area (Å²) in [5.41, 5.74) is 4.01. The van der Waals surface area contributed by atoms with E-state index in [2.05, 4.69) is 16.4 Å². The van der Waals surface area contributed by atoms with Gasteiger partial charge in [0.1, 0.15) is 11.8 Å². The summed E-state index contributed by atoms with van der Waals surface area (Å²) in [6.07, 6.45) is 3.26. The average Bonchev–Trinajstić information content (AvgIpc) is 3.02. The van der Waals surface area contributed by atoms with Gasteiger partial charge >= 0.3 is 5.97 Å². The highest BCUT2D eigenvalue weighted by Gasteiger charge is 2.20. The Morgan fingerprint density at radius 1 is 1.35 bits per heavy atom. The molecule has 1 aromatic heterocycles. The molecular formula is C18H20N2O3. The van der Waals surface area contributed by atoms with Gasteiger partial charge in [0.05, 0.1) is 12.8 Å². The highest BCUT2D eigenvalue weighted by Crippen LogP contribution is 2.22. The molecular weight excluding hydrogens is 292 g/mol. The van der Waals surface area contributed by atoms with E-state index in [1.54, 1.807) is 31.4 Å². The van der Waals surface area contributed by atoms with E-state index in [9.17, 15) is 9.90 Å². The largest absolute Gasteiger partial charge is 0.497 e. The minimum absolute atomic E-state index is 0.418. The van der Waals surface area contributed by atoms with Crippen molar-refractivity contribution in [3.63, 3.8) is 0 Å². The van der Waals surface area contributed by atoms with Gasteiger partial charge in [0.2, 0.25) is 0 Å². The predicted octanol–water partition coefficient (Wildman–Crippen LogP) is 2.49. The number of nitrogens with one attached hydrogen (secondary N) is 1. The van der Waals surface area contributed by atoms with Gasteiger partial charge in [0, 0.05) is 12.2 Å². The van der Waals surface area contributed by atoms with Gasteiger partial charge in [-0.25, -0.2) is 0 Å². The minimum Gasteiger partial charge on any atom is -0.497 e. The summed E-state index contributed by atoms with van der Waals surface area (Å²) in [6, 6.07) is 10.4. The maximum Gasteiger partial charge on any atom is 0.325 e. The second-order valence-electron chi connectivity index (χ2n) is 5.69. The normalized spacial score (nSPS) is 14.3. The first kappa shape index (κ1) is 15.5.